The lowest BCUT2D eigenvalue weighted by Crippen LogP contribution is -2.34. The fraction of sp³-hybridized carbons (Fsp3) is 0.889. The molecule has 0 amide bonds. The Morgan fingerprint density at radius 2 is 1.96 bits per heavy atom. The molecule has 1 aliphatic heterocycles. The molecular weight excluding hydrogens is 310 g/mol. The molecule has 6 heteroatoms. The molecule has 0 radical (unpaired) electrons. The van der Waals surface area contributed by atoms with E-state index >= 15 is 0 Å². The molecule has 1 saturated heterocycles. The van der Waals surface area contributed by atoms with Gasteiger partial charge >= 0.3 is 5.97 Å². The van der Waals surface area contributed by atoms with Crippen LogP contribution in [0, 0.1) is 16.7 Å². The van der Waals surface area contributed by atoms with Crippen molar-refractivity contribution in [3.63, 3.8) is 0 Å². The van der Waals surface area contributed by atoms with E-state index < -0.39 is 18.0 Å². The first-order chi connectivity index (χ1) is 11.7. The van der Waals surface area contributed by atoms with Gasteiger partial charge in [-0.1, -0.05) is 32.1 Å². The zero-order chi connectivity index (χ0) is 17.7. The van der Waals surface area contributed by atoms with Crippen molar-refractivity contribution in [2.45, 2.75) is 70.5 Å². The molecule has 2 atom stereocenters. The Balaban J connectivity index is 2.01. The van der Waals surface area contributed by atoms with Crippen molar-refractivity contribution in [2.75, 3.05) is 26.9 Å². The van der Waals surface area contributed by atoms with E-state index in [2.05, 4.69) is 4.74 Å². The molecule has 0 bridgehead atoms. The summed E-state index contributed by atoms with van der Waals surface area (Å²) in [4.78, 5) is 11.6. The van der Waals surface area contributed by atoms with E-state index in [4.69, 9.17) is 14.7 Å². The van der Waals surface area contributed by atoms with Crippen molar-refractivity contribution in [1.82, 2.24) is 0 Å². The molecule has 24 heavy (non-hydrogen) atoms. The zero-order valence-corrected chi connectivity index (χ0v) is 14.8. The fourth-order valence-electron chi connectivity index (χ4n) is 2.87. The lowest BCUT2D eigenvalue weighted by molar-refractivity contribution is -0.162. The number of hydrogen-bond donors (Lipinski definition) is 1. The minimum Gasteiger partial charge on any atom is -0.468 e. The molecule has 0 spiro atoms. The number of methoxy groups -OCH3 is 1. The van der Waals surface area contributed by atoms with E-state index in [0.717, 1.165) is 64.6 Å². The highest BCUT2D eigenvalue weighted by atomic mass is 16.7. The number of carbonyl (C=O) groups excluding carboxylic acids is 1. The van der Waals surface area contributed by atoms with E-state index in [1.165, 1.54) is 13.5 Å². The Kier molecular flexibility index (Phi) is 10.6. The molecule has 1 rings (SSSR count). The van der Waals surface area contributed by atoms with Gasteiger partial charge in [0.25, 0.3) is 0 Å². The van der Waals surface area contributed by atoms with Gasteiger partial charge in [-0.15, -0.1) is 0 Å². The third-order valence-electron chi connectivity index (χ3n) is 4.50. The number of aliphatic hydroxyl groups excluding tert-OH is 1. The van der Waals surface area contributed by atoms with Crippen molar-refractivity contribution in [2.24, 2.45) is 5.41 Å². The highest BCUT2D eigenvalue weighted by Crippen LogP contribution is 2.26. The lowest BCUT2D eigenvalue weighted by atomic mass is 9.85. The van der Waals surface area contributed by atoms with Gasteiger partial charge in [0.15, 0.2) is 11.7 Å². The second-order valence-electron chi connectivity index (χ2n) is 6.38. The number of rotatable bonds is 12. The number of aliphatic hydroxyl groups is 1. The smallest absolute Gasteiger partial charge is 0.328 e. The average molecular weight is 341 g/mol. The zero-order valence-electron chi connectivity index (χ0n) is 14.8. The summed E-state index contributed by atoms with van der Waals surface area (Å²) in [6.07, 6.45) is 9.62. The molecule has 2 unspecified atom stereocenters. The molecule has 0 aromatic carbocycles. The van der Waals surface area contributed by atoms with Gasteiger partial charge in [0.2, 0.25) is 0 Å². The third-order valence-corrected chi connectivity index (χ3v) is 4.50. The van der Waals surface area contributed by atoms with Gasteiger partial charge in [-0.05, 0) is 32.1 Å². The molecule has 138 valence electrons. The number of esters is 1. The molecule has 1 aliphatic rings. The van der Waals surface area contributed by atoms with Gasteiger partial charge in [0.05, 0.1) is 19.8 Å². The summed E-state index contributed by atoms with van der Waals surface area (Å²) >= 11 is 0. The van der Waals surface area contributed by atoms with Crippen LogP contribution in [0.3, 0.4) is 0 Å². The maximum absolute atomic E-state index is 11.6. The fourth-order valence-corrected chi connectivity index (χ4v) is 2.87. The van der Waals surface area contributed by atoms with E-state index in [1.54, 1.807) is 0 Å². The van der Waals surface area contributed by atoms with Crippen LogP contribution in [-0.2, 0) is 19.0 Å². The monoisotopic (exact) mass is 341 g/mol. The standard InChI is InChI=1S/C18H31NO5/c1-22-17(21)18(14-19,15-20)11-7-4-2-3-5-8-12-23-16-10-6-9-13-24-16/h16,20H,2-13,15H2,1H3. The van der Waals surface area contributed by atoms with Gasteiger partial charge in [-0.2, -0.15) is 5.26 Å². The van der Waals surface area contributed by atoms with E-state index in [-0.39, 0.29) is 6.29 Å². The Bertz CT molecular complexity index is 389. The Morgan fingerprint density at radius 3 is 2.54 bits per heavy atom. The molecule has 1 heterocycles. The minimum atomic E-state index is -1.40. The van der Waals surface area contributed by atoms with E-state index in [1.807, 2.05) is 6.07 Å². The number of nitrogens with zero attached hydrogens (tertiary/aromatic N) is 1. The number of carbonyl (C=O) groups is 1. The van der Waals surface area contributed by atoms with Crippen LogP contribution >= 0.6 is 0 Å². The second-order valence-corrected chi connectivity index (χ2v) is 6.38. The predicted octanol–water partition coefficient (Wildman–Crippen LogP) is 2.94. The largest absolute Gasteiger partial charge is 0.468 e. The summed E-state index contributed by atoms with van der Waals surface area (Å²) in [6, 6.07) is 1.91. The first-order valence-corrected chi connectivity index (χ1v) is 9.02. The topological polar surface area (TPSA) is 88.8 Å². The molecule has 0 aromatic rings. The quantitative estimate of drug-likeness (QED) is 0.434. The van der Waals surface area contributed by atoms with Crippen LogP contribution in [0.5, 0.6) is 0 Å². The maximum Gasteiger partial charge on any atom is 0.328 e. The van der Waals surface area contributed by atoms with Crippen LogP contribution in [0.15, 0.2) is 0 Å². The molecule has 1 N–H and O–H groups in total. The molecule has 0 aromatic heterocycles. The summed E-state index contributed by atoms with van der Waals surface area (Å²) < 4.78 is 15.8. The summed E-state index contributed by atoms with van der Waals surface area (Å²) in [7, 11) is 1.24. The van der Waals surface area contributed by atoms with Crippen LogP contribution in [0.4, 0.5) is 0 Å². The number of unbranched alkanes of at least 4 members (excludes halogenated alkanes) is 5. The van der Waals surface area contributed by atoms with Gasteiger partial charge < -0.3 is 19.3 Å². The van der Waals surface area contributed by atoms with E-state index in [0.29, 0.717) is 6.42 Å². The van der Waals surface area contributed by atoms with Crippen LogP contribution in [-0.4, -0.2) is 44.3 Å². The van der Waals surface area contributed by atoms with Crippen molar-refractivity contribution in [1.29, 1.82) is 5.26 Å². The summed E-state index contributed by atoms with van der Waals surface area (Å²) in [5.74, 6) is -0.644. The number of ether oxygens (including phenoxy) is 3. The van der Waals surface area contributed by atoms with Crippen molar-refractivity contribution in [3.05, 3.63) is 0 Å². The minimum absolute atomic E-state index is 0.00495. The van der Waals surface area contributed by atoms with Gasteiger partial charge in [0.1, 0.15) is 0 Å². The third kappa shape index (κ3) is 7.16. The molecule has 0 aliphatic carbocycles. The van der Waals surface area contributed by atoms with Gasteiger partial charge in [-0.25, -0.2) is 0 Å². The molecular formula is C18H31NO5. The molecule has 0 saturated carbocycles. The summed E-state index contributed by atoms with van der Waals surface area (Å²) in [5.41, 5.74) is -1.40. The van der Waals surface area contributed by atoms with Crippen LogP contribution in [0.2, 0.25) is 0 Å². The first-order valence-electron chi connectivity index (χ1n) is 9.02. The number of nitriles is 1. The highest BCUT2D eigenvalue weighted by molar-refractivity contribution is 5.80. The first kappa shape index (κ1) is 20.9. The molecule has 1 fully saturated rings. The predicted molar refractivity (Wildman–Crippen MR) is 89.0 cm³/mol. The van der Waals surface area contributed by atoms with Crippen LogP contribution in [0.1, 0.15) is 64.2 Å². The Labute approximate surface area is 145 Å². The van der Waals surface area contributed by atoms with Gasteiger partial charge in [0, 0.05) is 13.2 Å². The van der Waals surface area contributed by atoms with E-state index in [9.17, 15) is 9.90 Å². The Morgan fingerprint density at radius 1 is 1.25 bits per heavy atom. The maximum atomic E-state index is 11.6. The van der Waals surface area contributed by atoms with Crippen molar-refractivity contribution < 1.29 is 24.1 Å². The van der Waals surface area contributed by atoms with Crippen molar-refractivity contribution >= 4 is 5.97 Å². The Hall–Kier alpha value is -1.16. The normalized spacial score (nSPS) is 20.1. The SMILES string of the molecule is COC(=O)C(C#N)(CO)CCCCCCCCOC1CCCCO1. The van der Waals surface area contributed by atoms with Crippen LogP contribution in [0.25, 0.3) is 0 Å². The number of hydrogen-bond acceptors (Lipinski definition) is 6. The lowest BCUT2D eigenvalue weighted by Gasteiger charge is -2.22. The molecule has 6 nitrogen and oxygen atoms in total. The van der Waals surface area contributed by atoms with Crippen molar-refractivity contribution in [3.8, 4) is 6.07 Å². The van der Waals surface area contributed by atoms with Crippen LogP contribution < -0.4 is 0 Å². The second kappa shape index (κ2) is 12.2. The summed E-state index contributed by atoms with van der Waals surface area (Å²) in [6.45, 7) is 1.07. The highest BCUT2D eigenvalue weighted by Gasteiger charge is 2.38. The van der Waals surface area contributed by atoms with Gasteiger partial charge in [-0.3, -0.25) is 4.79 Å². The summed E-state index contributed by atoms with van der Waals surface area (Å²) in [5, 5.41) is 18.5. The average Bonchev–Trinajstić information content (AvgIpc) is 2.64.